The molecule has 0 saturated heterocycles. The average molecular weight is 405 g/mol. The molecular weight excluding hydrogens is 380 g/mol. The molecule has 3 aromatic carbocycles. The largest absolute Gasteiger partial charge is 0.465 e. The minimum Gasteiger partial charge on any atom is -0.465 e. The third kappa shape index (κ3) is 5.21. The number of carbonyl (C=O) groups is 1. The van der Waals surface area contributed by atoms with E-state index in [0.717, 1.165) is 22.4 Å². The second-order valence-electron chi connectivity index (χ2n) is 6.88. The van der Waals surface area contributed by atoms with Gasteiger partial charge in [-0.1, -0.05) is 66.2 Å². The molecule has 29 heavy (non-hydrogen) atoms. The Morgan fingerprint density at radius 2 is 1.66 bits per heavy atom. The molecule has 3 aromatic rings. The Morgan fingerprint density at radius 3 is 2.34 bits per heavy atom. The number of hydrogen-bond donors (Lipinski definition) is 2. The summed E-state index contributed by atoms with van der Waals surface area (Å²) in [6, 6.07) is 23.8. The lowest BCUT2D eigenvalue weighted by molar-refractivity contribution is 0.0601. The van der Waals surface area contributed by atoms with E-state index in [-0.39, 0.29) is 12.0 Å². The van der Waals surface area contributed by atoms with Gasteiger partial charge in [0.1, 0.15) is 0 Å². The van der Waals surface area contributed by atoms with Gasteiger partial charge in [-0.15, -0.1) is 0 Å². The van der Waals surface area contributed by atoms with Gasteiger partial charge >= 0.3 is 5.97 Å². The minimum atomic E-state index is -0.381. The highest BCUT2D eigenvalue weighted by atomic mass is 32.1. The number of carbonyl (C=O) groups excluding carboxylic acids is 1. The Bertz CT molecular complexity index is 1020. The SMILES string of the molecule is COC(=O)c1ccc(C)c(NC(=S)NC(c2ccccc2)c2cccc(C)c2)c1. The van der Waals surface area contributed by atoms with Gasteiger partial charge in [0.15, 0.2) is 5.11 Å². The Kier molecular flexibility index (Phi) is 6.62. The fourth-order valence-corrected chi connectivity index (χ4v) is 3.37. The van der Waals surface area contributed by atoms with Gasteiger partial charge in [0.05, 0.1) is 18.7 Å². The second-order valence-corrected chi connectivity index (χ2v) is 7.29. The van der Waals surface area contributed by atoms with Crippen molar-refractivity contribution in [2.75, 3.05) is 12.4 Å². The average Bonchev–Trinajstić information content (AvgIpc) is 2.73. The summed E-state index contributed by atoms with van der Waals surface area (Å²) in [5.74, 6) is -0.381. The Morgan fingerprint density at radius 1 is 0.931 bits per heavy atom. The van der Waals surface area contributed by atoms with Gasteiger partial charge in [0.25, 0.3) is 0 Å². The van der Waals surface area contributed by atoms with E-state index in [1.807, 2.05) is 37.3 Å². The number of thiocarbonyl (C=S) groups is 1. The number of nitrogens with one attached hydrogen (secondary N) is 2. The summed E-state index contributed by atoms with van der Waals surface area (Å²) in [6.07, 6.45) is 0. The van der Waals surface area contributed by atoms with Gasteiger partial charge in [-0.2, -0.15) is 0 Å². The highest BCUT2D eigenvalue weighted by Gasteiger charge is 2.16. The van der Waals surface area contributed by atoms with Crippen molar-refractivity contribution in [3.8, 4) is 0 Å². The van der Waals surface area contributed by atoms with Crippen LogP contribution in [0.3, 0.4) is 0 Å². The van der Waals surface area contributed by atoms with E-state index in [2.05, 4.69) is 47.9 Å². The molecule has 0 heterocycles. The standard InChI is InChI=1S/C24H24N2O2S/c1-16-8-7-11-19(14-16)22(18-9-5-4-6-10-18)26-24(29)25-21-15-20(23(27)28-3)13-12-17(21)2/h4-15,22H,1-3H3,(H2,25,26,29). The van der Waals surface area contributed by atoms with E-state index >= 15 is 0 Å². The number of aryl methyl sites for hydroxylation is 2. The molecule has 1 atom stereocenters. The molecule has 0 aromatic heterocycles. The molecule has 0 aliphatic rings. The van der Waals surface area contributed by atoms with Crippen molar-refractivity contribution in [3.05, 3.63) is 101 Å². The lowest BCUT2D eigenvalue weighted by atomic mass is 9.97. The molecule has 2 N–H and O–H groups in total. The van der Waals surface area contributed by atoms with Crippen molar-refractivity contribution in [2.24, 2.45) is 0 Å². The number of rotatable bonds is 5. The number of benzene rings is 3. The lowest BCUT2D eigenvalue weighted by Gasteiger charge is -2.23. The van der Waals surface area contributed by atoms with Crippen LogP contribution in [0.25, 0.3) is 0 Å². The van der Waals surface area contributed by atoms with E-state index in [1.54, 1.807) is 12.1 Å². The van der Waals surface area contributed by atoms with Crippen molar-refractivity contribution in [2.45, 2.75) is 19.9 Å². The van der Waals surface area contributed by atoms with Gasteiger partial charge in [0, 0.05) is 5.69 Å². The predicted octanol–water partition coefficient (Wildman–Crippen LogP) is 5.17. The number of hydrogen-bond acceptors (Lipinski definition) is 3. The molecule has 0 saturated carbocycles. The van der Waals surface area contributed by atoms with Crippen LogP contribution < -0.4 is 10.6 Å². The maximum atomic E-state index is 11.8. The first-order chi connectivity index (χ1) is 14.0. The smallest absolute Gasteiger partial charge is 0.337 e. The third-order valence-electron chi connectivity index (χ3n) is 4.69. The molecule has 0 radical (unpaired) electrons. The van der Waals surface area contributed by atoms with Crippen LogP contribution in [0, 0.1) is 13.8 Å². The van der Waals surface area contributed by atoms with E-state index in [1.165, 1.54) is 12.7 Å². The highest BCUT2D eigenvalue weighted by Crippen LogP contribution is 2.24. The monoisotopic (exact) mass is 404 g/mol. The van der Waals surface area contributed by atoms with Gasteiger partial charge in [-0.3, -0.25) is 0 Å². The van der Waals surface area contributed by atoms with Crippen LogP contribution in [-0.4, -0.2) is 18.2 Å². The van der Waals surface area contributed by atoms with Gasteiger partial charge in [-0.05, 0) is 54.9 Å². The third-order valence-corrected chi connectivity index (χ3v) is 4.91. The van der Waals surface area contributed by atoms with Crippen molar-refractivity contribution in [1.29, 1.82) is 0 Å². The predicted molar refractivity (Wildman–Crippen MR) is 121 cm³/mol. The molecule has 0 spiro atoms. The minimum absolute atomic E-state index is 0.0970. The van der Waals surface area contributed by atoms with Crippen LogP contribution in [0.5, 0.6) is 0 Å². The van der Waals surface area contributed by atoms with Crippen LogP contribution in [0.2, 0.25) is 0 Å². The first-order valence-corrected chi connectivity index (χ1v) is 9.76. The molecular formula is C24H24N2O2S. The Hall–Kier alpha value is -3.18. The number of esters is 1. The van der Waals surface area contributed by atoms with E-state index in [9.17, 15) is 4.79 Å². The zero-order valence-electron chi connectivity index (χ0n) is 16.7. The molecule has 3 rings (SSSR count). The van der Waals surface area contributed by atoms with Crippen LogP contribution in [0.4, 0.5) is 5.69 Å². The second kappa shape index (κ2) is 9.34. The summed E-state index contributed by atoms with van der Waals surface area (Å²) in [5, 5.41) is 7.12. The fraction of sp³-hybridized carbons (Fsp3) is 0.167. The quantitative estimate of drug-likeness (QED) is 0.454. The summed E-state index contributed by atoms with van der Waals surface area (Å²) in [6.45, 7) is 4.03. The summed E-state index contributed by atoms with van der Waals surface area (Å²) in [4.78, 5) is 11.8. The molecule has 0 fully saturated rings. The van der Waals surface area contributed by atoms with Crippen LogP contribution in [0.1, 0.15) is 38.7 Å². The molecule has 0 bridgehead atoms. The summed E-state index contributed by atoms with van der Waals surface area (Å²) in [5.41, 5.74) is 5.64. The van der Waals surface area contributed by atoms with Crippen molar-refractivity contribution in [3.63, 3.8) is 0 Å². The summed E-state index contributed by atoms with van der Waals surface area (Å²) >= 11 is 5.60. The first kappa shape index (κ1) is 20.6. The molecule has 5 heteroatoms. The zero-order valence-corrected chi connectivity index (χ0v) is 17.5. The molecule has 148 valence electrons. The number of ether oxygens (including phenoxy) is 1. The fourth-order valence-electron chi connectivity index (χ4n) is 3.15. The maximum Gasteiger partial charge on any atom is 0.337 e. The molecule has 0 aliphatic heterocycles. The molecule has 1 unspecified atom stereocenters. The number of methoxy groups -OCH3 is 1. The van der Waals surface area contributed by atoms with Crippen LogP contribution in [-0.2, 0) is 4.74 Å². The van der Waals surface area contributed by atoms with Gasteiger partial charge < -0.3 is 15.4 Å². The van der Waals surface area contributed by atoms with E-state index in [0.29, 0.717) is 10.7 Å². The maximum absolute atomic E-state index is 11.8. The van der Waals surface area contributed by atoms with Crippen molar-refractivity contribution < 1.29 is 9.53 Å². The van der Waals surface area contributed by atoms with Crippen LogP contribution in [0.15, 0.2) is 72.8 Å². The lowest BCUT2D eigenvalue weighted by Crippen LogP contribution is -2.33. The van der Waals surface area contributed by atoms with E-state index < -0.39 is 0 Å². The van der Waals surface area contributed by atoms with Crippen LogP contribution >= 0.6 is 12.2 Å². The number of anilines is 1. The summed E-state index contributed by atoms with van der Waals surface area (Å²) < 4.78 is 4.81. The van der Waals surface area contributed by atoms with Gasteiger partial charge in [0.2, 0.25) is 0 Å². The van der Waals surface area contributed by atoms with Crippen molar-refractivity contribution in [1.82, 2.24) is 5.32 Å². The zero-order chi connectivity index (χ0) is 20.8. The normalized spacial score (nSPS) is 11.4. The Labute approximate surface area is 176 Å². The molecule has 0 amide bonds. The molecule has 0 aliphatic carbocycles. The van der Waals surface area contributed by atoms with Gasteiger partial charge in [-0.25, -0.2) is 4.79 Å². The highest BCUT2D eigenvalue weighted by molar-refractivity contribution is 7.80. The topological polar surface area (TPSA) is 50.4 Å². The molecule has 4 nitrogen and oxygen atoms in total. The first-order valence-electron chi connectivity index (χ1n) is 9.36. The summed E-state index contributed by atoms with van der Waals surface area (Å²) in [7, 11) is 1.37. The van der Waals surface area contributed by atoms with Crippen molar-refractivity contribution >= 4 is 29.0 Å². The van der Waals surface area contributed by atoms with E-state index in [4.69, 9.17) is 17.0 Å². The Balaban J connectivity index is 1.85.